The third-order valence-electron chi connectivity index (χ3n) is 4.76. The first-order valence-electron chi connectivity index (χ1n) is 7.98. The summed E-state index contributed by atoms with van der Waals surface area (Å²) >= 11 is 0. The highest BCUT2D eigenvalue weighted by atomic mass is 14.8. The van der Waals surface area contributed by atoms with Crippen LogP contribution in [0.4, 0.5) is 11.4 Å². The summed E-state index contributed by atoms with van der Waals surface area (Å²) < 4.78 is 0. The molecule has 0 aliphatic carbocycles. The lowest BCUT2D eigenvalue weighted by Gasteiger charge is -2.01. The monoisotopic (exact) mass is 305 g/mol. The number of hydrogen-bond acceptors (Lipinski definition) is 3. The summed E-state index contributed by atoms with van der Waals surface area (Å²) in [6.07, 6.45) is 0. The lowest BCUT2D eigenvalue weighted by molar-refractivity contribution is 1.25. The molecule has 0 amide bonds. The van der Waals surface area contributed by atoms with Crippen LogP contribution in [0.1, 0.15) is 0 Å². The van der Waals surface area contributed by atoms with Gasteiger partial charge in [0.05, 0.1) is 33.0 Å². The quantitative estimate of drug-likeness (QED) is 0.421. The van der Waals surface area contributed by atoms with Gasteiger partial charge in [0.2, 0.25) is 0 Å². The van der Waals surface area contributed by atoms with Crippen LogP contribution in [0.15, 0.2) is 76.7 Å². The molecule has 3 nitrogen and oxygen atoms in total. The number of fused-ring (bicyclic) bond motifs is 7. The number of benzene rings is 3. The van der Waals surface area contributed by atoms with E-state index in [1.807, 2.05) is 24.3 Å². The molecule has 0 saturated carbocycles. The van der Waals surface area contributed by atoms with Crippen molar-refractivity contribution in [3.63, 3.8) is 0 Å². The van der Waals surface area contributed by atoms with Crippen LogP contribution in [0.3, 0.4) is 0 Å². The minimum atomic E-state index is 0.946. The van der Waals surface area contributed by atoms with E-state index in [0.29, 0.717) is 0 Å². The summed E-state index contributed by atoms with van der Waals surface area (Å²) in [6.45, 7) is 0. The normalized spacial score (nSPS) is 12.8. The van der Waals surface area contributed by atoms with Crippen LogP contribution in [0.25, 0.3) is 22.0 Å². The largest absolute Gasteiger partial charge is 0.248 e. The molecule has 0 bridgehead atoms. The second-order valence-electron chi connectivity index (χ2n) is 6.15. The first-order valence-corrected chi connectivity index (χ1v) is 7.98. The van der Waals surface area contributed by atoms with Crippen LogP contribution in [0, 0.1) is 10.6 Å². The van der Waals surface area contributed by atoms with Crippen LogP contribution in [-0.4, -0.2) is 4.98 Å². The zero-order chi connectivity index (χ0) is 15.7. The fourth-order valence-corrected chi connectivity index (χ4v) is 3.67. The summed E-state index contributed by atoms with van der Waals surface area (Å²) in [5, 5.41) is 5.13. The van der Waals surface area contributed by atoms with E-state index < -0.39 is 0 Å². The van der Waals surface area contributed by atoms with Crippen molar-refractivity contribution in [2.45, 2.75) is 0 Å². The van der Waals surface area contributed by atoms with E-state index in [0.717, 1.165) is 54.7 Å². The fourth-order valence-electron chi connectivity index (χ4n) is 3.67. The molecule has 3 heteroatoms. The van der Waals surface area contributed by atoms with Gasteiger partial charge < -0.3 is 0 Å². The van der Waals surface area contributed by atoms with Gasteiger partial charge in [-0.3, -0.25) is 0 Å². The van der Waals surface area contributed by atoms with E-state index >= 15 is 0 Å². The second-order valence-corrected chi connectivity index (χ2v) is 6.15. The average molecular weight is 305 g/mol. The molecule has 3 aromatic carbocycles. The van der Waals surface area contributed by atoms with Gasteiger partial charge in [0.25, 0.3) is 0 Å². The van der Waals surface area contributed by atoms with Crippen molar-refractivity contribution in [2.75, 3.05) is 0 Å². The predicted molar refractivity (Wildman–Crippen MR) is 92.9 cm³/mol. The molecular weight excluding hydrogens is 294 g/mol. The molecule has 0 N–H and O–H groups in total. The molecule has 6 rings (SSSR count). The number of hydrogen-bond donors (Lipinski definition) is 0. The van der Waals surface area contributed by atoms with Gasteiger partial charge >= 0.3 is 0 Å². The smallest absolute Gasteiger partial charge is 0.0988 e. The Hall–Kier alpha value is -3.33. The topological polar surface area (TPSA) is 37.6 Å². The third kappa shape index (κ3) is 1.44. The summed E-state index contributed by atoms with van der Waals surface area (Å²) in [6, 6.07) is 22.7. The van der Waals surface area contributed by atoms with Crippen LogP contribution >= 0.6 is 0 Å². The molecule has 24 heavy (non-hydrogen) atoms. The van der Waals surface area contributed by atoms with Crippen molar-refractivity contribution in [3.8, 4) is 11.1 Å². The highest BCUT2D eigenvalue weighted by Gasteiger charge is 2.20. The van der Waals surface area contributed by atoms with Gasteiger partial charge in [-0.1, -0.05) is 36.4 Å². The van der Waals surface area contributed by atoms with Crippen molar-refractivity contribution in [1.29, 1.82) is 0 Å². The Balaban J connectivity index is 1.82. The number of aromatic nitrogens is 1. The maximum Gasteiger partial charge on any atom is 0.0988 e. The van der Waals surface area contributed by atoms with Crippen molar-refractivity contribution >= 4 is 22.3 Å². The zero-order valence-electron chi connectivity index (χ0n) is 12.7. The molecule has 0 unspecified atom stereocenters. The van der Waals surface area contributed by atoms with E-state index in [-0.39, 0.29) is 0 Å². The van der Waals surface area contributed by atoms with Crippen LogP contribution in [0.5, 0.6) is 0 Å². The minimum Gasteiger partial charge on any atom is -0.248 e. The Morgan fingerprint density at radius 1 is 0.708 bits per heavy atom. The van der Waals surface area contributed by atoms with Gasteiger partial charge in [-0.05, 0) is 30.3 Å². The van der Waals surface area contributed by atoms with E-state index in [1.165, 1.54) is 0 Å². The molecule has 110 valence electrons. The van der Waals surface area contributed by atoms with E-state index in [9.17, 15) is 0 Å². The Kier molecular flexibility index (Phi) is 2.10. The van der Waals surface area contributed by atoms with Crippen LogP contribution in [-0.2, 0) is 0 Å². The van der Waals surface area contributed by atoms with Crippen molar-refractivity contribution in [3.05, 3.63) is 88.0 Å². The summed E-state index contributed by atoms with van der Waals surface area (Å²) in [7, 11) is 0. The Labute approximate surface area is 137 Å². The first-order chi connectivity index (χ1) is 11.9. The van der Waals surface area contributed by atoms with E-state index in [1.54, 1.807) is 0 Å². The molecule has 3 heterocycles. The summed E-state index contributed by atoms with van der Waals surface area (Å²) in [5.74, 6) is 0. The molecule has 2 aliphatic heterocycles. The van der Waals surface area contributed by atoms with Crippen LogP contribution in [0.2, 0.25) is 0 Å². The average Bonchev–Trinajstić information content (AvgIpc) is 3.17. The molecule has 1 aromatic heterocycles. The van der Waals surface area contributed by atoms with Gasteiger partial charge in [0, 0.05) is 21.7 Å². The van der Waals surface area contributed by atoms with Crippen molar-refractivity contribution < 1.29 is 0 Å². The summed E-state index contributed by atoms with van der Waals surface area (Å²) in [5.41, 5.74) is 5.31. The zero-order valence-corrected chi connectivity index (χ0v) is 12.7. The Bertz CT molecular complexity index is 1400. The number of para-hydroxylation sites is 2. The first kappa shape index (κ1) is 12.1. The Morgan fingerprint density at radius 2 is 1.58 bits per heavy atom. The number of pyridine rings is 1. The van der Waals surface area contributed by atoms with Gasteiger partial charge in [0.1, 0.15) is 0 Å². The van der Waals surface area contributed by atoms with Gasteiger partial charge in [0.15, 0.2) is 0 Å². The van der Waals surface area contributed by atoms with Crippen LogP contribution < -0.4 is 10.7 Å². The second kappa shape index (κ2) is 4.15. The molecule has 0 fully saturated rings. The lowest BCUT2D eigenvalue weighted by atomic mass is 10.0. The number of rotatable bonds is 0. The molecule has 0 radical (unpaired) electrons. The standard InChI is InChI=1S/C21H11N3/c1-3-7-15-12(5-1)11-18-20(23-15)14-9-10-17-19(21(14)24-18)13-6-2-4-8-16(13)22-17/h1-11H. The third-order valence-corrected chi connectivity index (χ3v) is 4.76. The van der Waals surface area contributed by atoms with E-state index in [2.05, 4.69) is 42.5 Å². The molecule has 0 spiro atoms. The summed E-state index contributed by atoms with van der Waals surface area (Å²) in [4.78, 5) is 14.5. The Morgan fingerprint density at radius 3 is 2.58 bits per heavy atom. The molecule has 4 aromatic rings. The van der Waals surface area contributed by atoms with Gasteiger partial charge in [-0.25, -0.2) is 15.0 Å². The van der Waals surface area contributed by atoms with E-state index in [4.69, 9.17) is 15.0 Å². The number of nitrogens with zero attached hydrogens (tertiary/aromatic N) is 3. The maximum absolute atomic E-state index is 4.91. The molecule has 2 aliphatic rings. The molecule has 0 atom stereocenters. The lowest BCUT2D eigenvalue weighted by Crippen LogP contribution is -2.02. The van der Waals surface area contributed by atoms with Gasteiger partial charge in [-0.2, -0.15) is 0 Å². The molecule has 0 saturated heterocycles. The maximum atomic E-state index is 4.91. The SMILES string of the molecule is c1ccc2c(c1)N=c1ccc3c(c1-2)N=c1cc2ccccc2nc1=3. The van der Waals surface area contributed by atoms with Crippen molar-refractivity contribution in [2.24, 2.45) is 9.98 Å². The minimum absolute atomic E-state index is 0.946. The highest BCUT2D eigenvalue weighted by molar-refractivity contribution is 5.87. The molecular formula is C21H11N3. The van der Waals surface area contributed by atoms with Crippen molar-refractivity contribution in [1.82, 2.24) is 4.98 Å². The predicted octanol–water partition coefficient (Wildman–Crippen LogP) is 3.72. The van der Waals surface area contributed by atoms with Gasteiger partial charge in [-0.15, -0.1) is 0 Å². The fraction of sp³-hybridized carbons (Fsp3) is 0. The highest BCUT2D eigenvalue weighted by Crippen LogP contribution is 2.38.